The summed E-state index contributed by atoms with van der Waals surface area (Å²) in [6.07, 6.45) is 0. The Labute approximate surface area is 120 Å². The largest absolute Gasteiger partial charge is 0.278 e. The van der Waals surface area contributed by atoms with E-state index in [-0.39, 0.29) is 0 Å². The maximum atomic E-state index is 4.42. The highest BCUT2D eigenvalue weighted by Gasteiger charge is 2.17. The molecule has 0 amide bonds. The highest BCUT2D eigenvalue weighted by Crippen LogP contribution is 2.23. The minimum atomic E-state index is 0.849. The van der Waals surface area contributed by atoms with Crippen LogP contribution in [-0.2, 0) is 0 Å². The second kappa shape index (κ2) is 6.20. The molecule has 0 atom stereocenters. The maximum Gasteiger partial charge on any atom is 0.0984 e. The Bertz CT molecular complexity index is 637. The van der Waals surface area contributed by atoms with E-state index in [0.29, 0.717) is 0 Å². The summed E-state index contributed by atoms with van der Waals surface area (Å²) in [6.45, 7) is 10.1. The van der Waals surface area contributed by atoms with Gasteiger partial charge in [-0.2, -0.15) is 5.10 Å². The zero-order valence-corrected chi connectivity index (χ0v) is 12.3. The molecule has 0 saturated heterocycles. The van der Waals surface area contributed by atoms with E-state index >= 15 is 0 Å². The number of aryl methyl sites for hydroxylation is 1. The number of hydrogen-bond donors (Lipinski definition) is 1. The number of hydrogen-bond acceptors (Lipinski definition) is 2. The molecule has 1 aliphatic rings. The van der Waals surface area contributed by atoms with Crippen LogP contribution in [0.4, 0.5) is 0 Å². The summed E-state index contributed by atoms with van der Waals surface area (Å²) in [5.74, 6) is 0. The standard InChI is InChI=1S/C16H14N2.C2H6/c1-11-7-9-13(10-8-11)16-15-6-4-3-5-14(15)12(2)17-18-16;1-2/h3-10,17H,2H2,1H3;1-2H3. The van der Waals surface area contributed by atoms with Crippen molar-refractivity contribution in [2.75, 3.05) is 0 Å². The van der Waals surface area contributed by atoms with Crippen LogP contribution in [0.5, 0.6) is 0 Å². The summed E-state index contributed by atoms with van der Waals surface area (Å²) in [5, 5.41) is 4.42. The molecule has 0 saturated carbocycles. The van der Waals surface area contributed by atoms with Crippen LogP contribution in [0.2, 0.25) is 0 Å². The summed E-state index contributed by atoms with van der Waals surface area (Å²) < 4.78 is 0. The lowest BCUT2D eigenvalue weighted by molar-refractivity contribution is 0.978. The molecule has 1 N–H and O–H groups in total. The van der Waals surface area contributed by atoms with Gasteiger partial charge in [-0.15, -0.1) is 0 Å². The smallest absolute Gasteiger partial charge is 0.0984 e. The summed E-state index contributed by atoms with van der Waals surface area (Å²) in [5.41, 5.74) is 9.43. The molecule has 0 fully saturated rings. The lowest BCUT2D eigenvalue weighted by Gasteiger charge is -2.19. The van der Waals surface area contributed by atoms with Crippen molar-refractivity contribution in [1.29, 1.82) is 0 Å². The van der Waals surface area contributed by atoms with E-state index in [9.17, 15) is 0 Å². The van der Waals surface area contributed by atoms with Crippen molar-refractivity contribution < 1.29 is 0 Å². The van der Waals surface area contributed by atoms with Crippen molar-refractivity contribution in [3.05, 3.63) is 77.4 Å². The lowest BCUT2D eigenvalue weighted by atomic mass is 9.95. The number of nitrogens with zero attached hydrogens (tertiary/aromatic N) is 1. The Morgan fingerprint density at radius 3 is 2.15 bits per heavy atom. The highest BCUT2D eigenvalue weighted by atomic mass is 15.3. The monoisotopic (exact) mass is 264 g/mol. The van der Waals surface area contributed by atoms with E-state index in [1.807, 2.05) is 26.0 Å². The fourth-order valence-corrected chi connectivity index (χ4v) is 2.13. The Balaban J connectivity index is 0.000000704. The first-order chi connectivity index (χ1) is 9.75. The fourth-order valence-electron chi connectivity index (χ4n) is 2.13. The molecule has 3 rings (SSSR count). The molecule has 1 heterocycles. The van der Waals surface area contributed by atoms with Gasteiger partial charge in [-0.25, -0.2) is 0 Å². The van der Waals surface area contributed by atoms with Crippen molar-refractivity contribution in [2.24, 2.45) is 5.10 Å². The molecule has 2 heteroatoms. The molecular formula is C18H20N2. The van der Waals surface area contributed by atoms with Gasteiger partial charge >= 0.3 is 0 Å². The van der Waals surface area contributed by atoms with Crippen LogP contribution in [0.15, 0.2) is 60.2 Å². The fraction of sp³-hybridized carbons (Fsp3) is 0.167. The van der Waals surface area contributed by atoms with Gasteiger partial charge in [-0.3, -0.25) is 5.43 Å². The van der Waals surface area contributed by atoms with E-state index in [1.165, 1.54) is 5.56 Å². The first kappa shape index (κ1) is 14.1. The molecule has 0 spiro atoms. The molecule has 2 aromatic carbocycles. The molecule has 2 nitrogen and oxygen atoms in total. The Hall–Kier alpha value is -2.35. The van der Waals surface area contributed by atoms with Crippen LogP contribution in [0.1, 0.15) is 36.1 Å². The molecule has 0 aromatic heterocycles. The van der Waals surface area contributed by atoms with Crippen molar-refractivity contribution in [3.8, 4) is 0 Å². The van der Waals surface area contributed by atoms with E-state index in [2.05, 4.69) is 60.4 Å². The summed E-state index contributed by atoms with van der Waals surface area (Å²) in [4.78, 5) is 0. The Kier molecular flexibility index (Phi) is 4.36. The third-order valence-electron chi connectivity index (χ3n) is 3.13. The first-order valence-corrected chi connectivity index (χ1v) is 6.95. The van der Waals surface area contributed by atoms with Gasteiger partial charge in [-0.05, 0) is 6.92 Å². The van der Waals surface area contributed by atoms with Gasteiger partial charge in [0.1, 0.15) is 0 Å². The van der Waals surface area contributed by atoms with Crippen molar-refractivity contribution >= 4 is 11.4 Å². The van der Waals surface area contributed by atoms with Gasteiger partial charge in [0.2, 0.25) is 0 Å². The Morgan fingerprint density at radius 1 is 0.900 bits per heavy atom. The van der Waals surface area contributed by atoms with Crippen LogP contribution < -0.4 is 5.43 Å². The second-order valence-corrected chi connectivity index (χ2v) is 4.46. The summed E-state index contributed by atoms with van der Waals surface area (Å²) >= 11 is 0. The molecule has 20 heavy (non-hydrogen) atoms. The van der Waals surface area contributed by atoms with Crippen molar-refractivity contribution in [1.82, 2.24) is 5.43 Å². The molecule has 0 aliphatic carbocycles. The second-order valence-electron chi connectivity index (χ2n) is 4.46. The molecule has 0 bridgehead atoms. The van der Waals surface area contributed by atoms with Gasteiger partial charge < -0.3 is 0 Å². The SMILES string of the molecule is C=C1NN=C(c2ccc(C)cc2)c2ccccc21.CC. The zero-order chi connectivity index (χ0) is 14.5. The third-order valence-corrected chi connectivity index (χ3v) is 3.13. The maximum absolute atomic E-state index is 4.42. The lowest BCUT2D eigenvalue weighted by Crippen LogP contribution is -2.19. The van der Waals surface area contributed by atoms with Crippen LogP contribution in [-0.4, -0.2) is 5.71 Å². The first-order valence-electron chi connectivity index (χ1n) is 6.95. The predicted molar refractivity (Wildman–Crippen MR) is 86.8 cm³/mol. The van der Waals surface area contributed by atoms with Crippen molar-refractivity contribution in [2.45, 2.75) is 20.8 Å². The van der Waals surface area contributed by atoms with E-state index < -0.39 is 0 Å². The van der Waals surface area contributed by atoms with Gasteiger partial charge in [0.15, 0.2) is 0 Å². The minimum absolute atomic E-state index is 0.849. The number of rotatable bonds is 1. The Morgan fingerprint density at radius 2 is 1.50 bits per heavy atom. The predicted octanol–water partition coefficient (Wildman–Crippen LogP) is 4.35. The topological polar surface area (TPSA) is 24.4 Å². The average molecular weight is 264 g/mol. The van der Waals surface area contributed by atoms with E-state index in [4.69, 9.17) is 0 Å². The van der Waals surface area contributed by atoms with E-state index in [0.717, 1.165) is 28.1 Å². The van der Waals surface area contributed by atoms with Crippen LogP contribution in [0, 0.1) is 6.92 Å². The van der Waals surface area contributed by atoms with Crippen LogP contribution >= 0.6 is 0 Å². The van der Waals surface area contributed by atoms with Gasteiger partial charge in [-0.1, -0.05) is 74.5 Å². The van der Waals surface area contributed by atoms with Crippen LogP contribution in [0.25, 0.3) is 5.70 Å². The van der Waals surface area contributed by atoms with Crippen molar-refractivity contribution in [3.63, 3.8) is 0 Å². The highest BCUT2D eigenvalue weighted by molar-refractivity contribution is 6.16. The van der Waals surface area contributed by atoms with Gasteiger partial charge in [0.25, 0.3) is 0 Å². The van der Waals surface area contributed by atoms with Gasteiger partial charge in [0.05, 0.1) is 11.4 Å². The number of nitrogens with one attached hydrogen (secondary N) is 1. The number of fused-ring (bicyclic) bond motifs is 1. The normalized spacial score (nSPS) is 12.6. The zero-order valence-electron chi connectivity index (χ0n) is 12.3. The quantitative estimate of drug-likeness (QED) is 0.813. The minimum Gasteiger partial charge on any atom is -0.278 e. The number of hydrazone groups is 1. The molecular weight excluding hydrogens is 244 g/mol. The molecule has 0 unspecified atom stereocenters. The summed E-state index contributed by atoms with van der Waals surface area (Å²) in [6, 6.07) is 16.6. The molecule has 2 aromatic rings. The molecule has 102 valence electrons. The third kappa shape index (κ3) is 2.64. The van der Waals surface area contributed by atoms with Gasteiger partial charge in [0, 0.05) is 16.7 Å². The van der Waals surface area contributed by atoms with E-state index in [1.54, 1.807) is 0 Å². The average Bonchev–Trinajstić information content (AvgIpc) is 2.51. The number of benzene rings is 2. The molecule has 1 aliphatic heterocycles. The summed E-state index contributed by atoms with van der Waals surface area (Å²) in [7, 11) is 0. The molecule has 0 radical (unpaired) electrons. The van der Waals surface area contributed by atoms with Crippen LogP contribution in [0.3, 0.4) is 0 Å².